The fourth-order valence-corrected chi connectivity index (χ4v) is 3.08. The second-order valence-corrected chi connectivity index (χ2v) is 6.77. The standard InChI is InChI=1S/C16H24N6OS/c1-11(2)22(12(3)4)9-8-17-14(23)13-10-24-16(20-13)21-15-18-6-5-7-19-15/h5-7,10-12H,8-9H2,1-4H3,(H,17,23)(H,18,19,20,21). The van der Waals surface area contributed by atoms with Gasteiger partial charge >= 0.3 is 0 Å². The Kier molecular flexibility index (Phi) is 6.62. The van der Waals surface area contributed by atoms with Crippen molar-refractivity contribution in [2.75, 3.05) is 18.4 Å². The molecule has 2 rings (SSSR count). The maximum absolute atomic E-state index is 12.2. The van der Waals surface area contributed by atoms with Gasteiger partial charge in [0.25, 0.3) is 5.91 Å². The number of hydrogen-bond acceptors (Lipinski definition) is 7. The number of nitrogens with zero attached hydrogens (tertiary/aromatic N) is 4. The van der Waals surface area contributed by atoms with Crippen molar-refractivity contribution in [1.82, 2.24) is 25.2 Å². The molecule has 2 N–H and O–H groups in total. The number of aromatic nitrogens is 3. The SMILES string of the molecule is CC(C)N(CCNC(=O)c1csc(Nc2ncccn2)n1)C(C)C. The molecule has 0 saturated heterocycles. The van der Waals surface area contributed by atoms with Crippen LogP contribution in [-0.2, 0) is 0 Å². The van der Waals surface area contributed by atoms with Gasteiger partial charge in [0.05, 0.1) is 0 Å². The van der Waals surface area contributed by atoms with Crippen LogP contribution in [0.25, 0.3) is 0 Å². The molecule has 0 aliphatic carbocycles. The summed E-state index contributed by atoms with van der Waals surface area (Å²) in [5.41, 5.74) is 0.402. The number of nitrogens with one attached hydrogen (secondary N) is 2. The first-order valence-electron chi connectivity index (χ1n) is 8.01. The maximum Gasteiger partial charge on any atom is 0.270 e. The van der Waals surface area contributed by atoms with Gasteiger partial charge < -0.3 is 10.6 Å². The van der Waals surface area contributed by atoms with E-state index >= 15 is 0 Å². The van der Waals surface area contributed by atoms with E-state index in [1.165, 1.54) is 11.3 Å². The molecule has 2 aromatic rings. The zero-order valence-electron chi connectivity index (χ0n) is 14.5. The molecule has 8 heteroatoms. The Morgan fingerprint density at radius 2 is 1.88 bits per heavy atom. The second-order valence-electron chi connectivity index (χ2n) is 5.92. The summed E-state index contributed by atoms with van der Waals surface area (Å²) in [6.45, 7) is 10.0. The van der Waals surface area contributed by atoms with E-state index in [-0.39, 0.29) is 5.91 Å². The minimum atomic E-state index is -0.166. The third-order valence-corrected chi connectivity index (χ3v) is 4.26. The molecule has 0 aliphatic heterocycles. The lowest BCUT2D eigenvalue weighted by Gasteiger charge is -2.30. The van der Waals surface area contributed by atoms with Crippen LogP contribution in [0.5, 0.6) is 0 Å². The van der Waals surface area contributed by atoms with Gasteiger partial charge in [-0.25, -0.2) is 15.0 Å². The van der Waals surface area contributed by atoms with Crippen LogP contribution in [0.4, 0.5) is 11.1 Å². The van der Waals surface area contributed by atoms with E-state index in [2.05, 4.69) is 58.2 Å². The Labute approximate surface area is 146 Å². The number of carbonyl (C=O) groups excluding carboxylic acids is 1. The fourth-order valence-electron chi connectivity index (χ4n) is 2.40. The summed E-state index contributed by atoms with van der Waals surface area (Å²) >= 11 is 1.35. The maximum atomic E-state index is 12.2. The van der Waals surface area contributed by atoms with Crippen molar-refractivity contribution in [3.05, 3.63) is 29.5 Å². The van der Waals surface area contributed by atoms with Gasteiger partial charge in [0.1, 0.15) is 5.69 Å². The number of hydrogen-bond donors (Lipinski definition) is 2. The molecule has 0 aliphatic rings. The normalized spacial score (nSPS) is 11.3. The number of anilines is 2. The van der Waals surface area contributed by atoms with Gasteiger partial charge in [0.15, 0.2) is 5.13 Å². The van der Waals surface area contributed by atoms with E-state index in [4.69, 9.17) is 0 Å². The highest BCUT2D eigenvalue weighted by Gasteiger charge is 2.15. The summed E-state index contributed by atoms with van der Waals surface area (Å²) in [6.07, 6.45) is 3.29. The van der Waals surface area contributed by atoms with Crippen molar-refractivity contribution >= 4 is 28.3 Å². The average Bonchev–Trinajstić information content (AvgIpc) is 3.00. The predicted octanol–water partition coefficient (Wildman–Crippen LogP) is 2.53. The molecule has 2 aromatic heterocycles. The first-order chi connectivity index (χ1) is 11.5. The minimum absolute atomic E-state index is 0.166. The van der Waals surface area contributed by atoms with Crippen molar-refractivity contribution in [3.8, 4) is 0 Å². The number of carbonyl (C=O) groups is 1. The summed E-state index contributed by atoms with van der Waals surface area (Å²) in [4.78, 5) is 26.9. The van der Waals surface area contributed by atoms with E-state index in [1.807, 2.05) is 0 Å². The van der Waals surface area contributed by atoms with E-state index in [9.17, 15) is 4.79 Å². The highest BCUT2D eigenvalue weighted by atomic mass is 32.1. The van der Waals surface area contributed by atoms with E-state index in [0.717, 1.165) is 6.54 Å². The van der Waals surface area contributed by atoms with Crippen LogP contribution < -0.4 is 10.6 Å². The van der Waals surface area contributed by atoms with Crippen LogP contribution in [-0.4, -0.2) is 50.9 Å². The van der Waals surface area contributed by atoms with Crippen LogP contribution in [0.2, 0.25) is 0 Å². The Morgan fingerprint density at radius 3 is 2.50 bits per heavy atom. The topological polar surface area (TPSA) is 83.0 Å². The lowest BCUT2D eigenvalue weighted by molar-refractivity contribution is 0.0935. The van der Waals surface area contributed by atoms with Crippen LogP contribution in [0.3, 0.4) is 0 Å². The molecule has 130 valence electrons. The Hall–Kier alpha value is -2.06. The van der Waals surface area contributed by atoms with Gasteiger partial charge in [-0.15, -0.1) is 11.3 Å². The lowest BCUT2D eigenvalue weighted by Crippen LogP contribution is -2.42. The summed E-state index contributed by atoms with van der Waals surface area (Å²) in [5.74, 6) is 0.295. The van der Waals surface area contributed by atoms with Gasteiger partial charge in [0.2, 0.25) is 5.95 Å². The highest BCUT2D eigenvalue weighted by molar-refractivity contribution is 7.14. The summed E-state index contributed by atoms with van der Waals surface area (Å²) in [5, 5.41) is 8.22. The van der Waals surface area contributed by atoms with Crippen molar-refractivity contribution in [1.29, 1.82) is 0 Å². The van der Waals surface area contributed by atoms with Crippen LogP contribution in [0.15, 0.2) is 23.8 Å². The number of rotatable bonds is 8. The Morgan fingerprint density at radius 1 is 1.21 bits per heavy atom. The predicted molar refractivity (Wildman–Crippen MR) is 96.7 cm³/mol. The molecule has 7 nitrogen and oxygen atoms in total. The van der Waals surface area contributed by atoms with Crippen LogP contribution >= 0.6 is 11.3 Å². The third kappa shape index (κ3) is 5.24. The molecule has 0 unspecified atom stereocenters. The van der Waals surface area contributed by atoms with E-state index in [1.54, 1.807) is 23.8 Å². The summed E-state index contributed by atoms with van der Waals surface area (Å²) in [6, 6.07) is 2.63. The zero-order chi connectivity index (χ0) is 17.5. The zero-order valence-corrected chi connectivity index (χ0v) is 15.3. The molecule has 0 aromatic carbocycles. The van der Waals surface area contributed by atoms with Crippen molar-refractivity contribution < 1.29 is 4.79 Å². The molecular weight excluding hydrogens is 324 g/mol. The molecule has 2 heterocycles. The highest BCUT2D eigenvalue weighted by Crippen LogP contribution is 2.18. The number of thiazole rings is 1. The lowest BCUT2D eigenvalue weighted by atomic mass is 10.2. The van der Waals surface area contributed by atoms with Gasteiger partial charge in [-0.1, -0.05) is 0 Å². The first kappa shape index (κ1) is 18.3. The fraction of sp³-hybridized carbons (Fsp3) is 0.500. The van der Waals surface area contributed by atoms with Crippen LogP contribution in [0, 0.1) is 0 Å². The quantitative estimate of drug-likeness (QED) is 0.763. The van der Waals surface area contributed by atoms with Gasteiger partial charge in [-0.2, -0.15) is 0 Å². The summed E-state index contributed by atoms with van der Waals surface area (Å²) in [7, 11) is 0. The Balaban J connectivity index is 1.85. The third-order valence-electron chi connectivity index (χ3n) is 3.50. The van der Waals surface area contributed by atoms with Crippen molar-refractivity contribution in [2.24, 2.45) is 0 Å². The second kappa shape index (κ2) is 8.70. The largest absolute Gasteiger partial charge is 0.349 e. The van der Waals surface area contributed by atoms with Gasteiger partial charge in [-0.3, -0.25) is 9.69 Å². The monoisotopic (exact) mass is 348 g/mol. The van der Waals surface area contributed by atoms with E-state index in [0.29, 0.717) is 35.4 Å². The summed E-state index contributed by atoms with van der Waals surface area (Å²) < 4.78 is 0. The number of amides is 1. The van der Waals surface area contributed by atoms with Crippen molar-refractivity contribution in [3.63, 3.8) is 0 Å². The van der Waals surface area contributed by atoms with Gasteiger partial charge in [-0.05, 0) is 33.8 Å². The first-order valence-corrected chi connectivity index (χ1v) is 8.89. The van der Waals surface area contributed by atoms with Crippen LogP contribution in [0.1, 0.15) is 38.2 Å². The minimum Gasteiger partial charge on any atom is -0.349 e. The molecule has 0 atom stereocenters. The molecular formula is C16H24N6OS. The molecule has 0 fully saturated rings. The molecule has 0 bridgehead atoms. The Bertz CT molecular complexity index is 635. The average molecular weight is 348 g/mol. The van der Waals surface area contributed by atoms with Gasteiger partial charge in [0, 0.05) is 42.9 Å². The smallest absolute Gasteiger partial charge is 0.270 e. The van der Waals surface area contributed by atoms with Crippen molar-refractivity contribution in [2.45, 2.75) is 39.8 Å². The molecule has 0 radical (unpaired) electrons. The van der Waals surface area contributed by atoms with E-state index < -0.39 is 0 Å². The molecule has 24 heavy (non-hydrogen) atoms. The molecule has 0 spiro atoms. The molecule has 1 amide bonds. The molecule has 0 saturated carbocycles.